The fourth-order valence-corrected chi connectivity index (χ4v) is 3.89. The summed E-state index contributed by atoms with van der Waals surface area (Å²) in [6, 6.07) is 0. The van der Waals surface area contributed by atoms with Crippen molar-refractivity contribution in [1.29, 1.82) is 0 Å². The van der Waals surface area contributed by atoms with Crippen LogP contribution in [0.2, 0.25) is 0 Å². The minimum absolute atomic E-state index is 0.399. The highest BCUT2D eigenvalue weighted by Crippen LogP contribution is 2.51. The molecule has 2 N–H and O–H groups in total. The number of hydrogen-bond acceptors (Lipinski definition) is 5. The summed E-state index contributed by atoms with van der Waals surface area (Å²) in [7, 11) is -4.38. The Morgan fingerprint density at radius 2 is 1.82 bits per heavy atom. The Hall–Kier alpha value is -0.460. The quantitative estimate of drug-likeness (QED) is 0.491. The molecule has 1 aliphatic rings. The van der Waals surface area contributed by atoms with E-state index in [4.69, 9.17) is 13.8 Å². The molecule has 3 unspecified atom stereocenters. The molecule has 130 valence electrons. The lowest BCUT2D eigenvalue weighted by Crippen LogP contribution is -2.43. The number of aliphatic carboxylic acids is 1. The molecule has 8 heteroatoms. The summed E-state index contributed by atoms with van der Waals surface area (Å²) in [5.41, 5.74) is -1.13. The van der Waals surface area contributed by atoms with E-state index in [-0.39, 0.29) is 0 Å². The maximum Gasteiger partial charge on any atom is 0.474 e. The van der Waals surface area contributed by atoms with Gasteiger partial charge in [0.25, 0.3) is 0 Å². The summed E-state index contributed by atoms with van der Waals surface area (Å²) in [6.07, 6.45) is 2.32. The molecule has 0 aliphatic heterocycles. The maximum atomic E-state index is 12.0. The van der Waals surface area contributed by atoms with Crippen LogP contribution in [0.15, 0.2) is 0 Å². The van der Waals surface area contributed by atoms with Crippen LogP contribution in [-0.4, -0.2) is 35.0 Å². The highest BCUT2D eigenvalue weighted by atomic mass is 31.2. The van der Waals surface area contributed by atoms with Gasteiger partial charge in [0.2, 0.25) is 0 Å². The summed E-state index contributed by atoms with van der Waals surface area (Å²) in [5.74, 6) is -0.991. The van der Waals surface area contributed by atoms with Crippen LogP contribution >= 0.6 is 7.82 Å². The van der Waals surface area contributed by atoms with Crippen molar-refractivity contribution in [3.05, 3.63) is 0 Å². The van der Waals surface area contributed by atoms with Gasteiger partial charge in [0, 0.05) is 6.61 Å². The fourth-order valence-electron chi connectivity index (χ4n) is 2.80. The molecular weight excluding hydrogens is 311 g/mol. The van der Waals surface area contributed by atoms with Crippen LogP contribution < -0.4 is 0 Å². The highest BCUT2D eigenvalue weighted by molar-refractivity contribution is 7.47. The molecule has 0 spiro atoms. The Balaban J connectivity index is 2.69. The van der Waals surface area contributed by atoms with E-state index < -0.39 is 31.6 Å². The number of carboxylic acids is 1. The van der Waals surface area contributed by atoms with Gasteiger partial charge in [-0.25, -0.2) is 4.57 Å². The third-order valence-corrected chi connectivity index (χ3v) is 5.23. The van der Waals surface area contributed by atoms with Crippen molar-refractivity contribution in [3.63, 3.8) is 0 Å². The maximum absolute atomic E-state index is 12.0. The second-order valence-corrected chi connectivity index (χ2v) is 7.14. The molecule has 3 atom stereocenters. The molecule has 1 rings (SSSR count). The Kier molecular flexibility index (Phi) is 7.49. The smallest absolute Gasteiger partial charge is 0.474 e. The largest absolute Gasteiger partial charge is 0.481 e. The zero-order chi connectivity index (χ0) is 16.8. The van der Waals surface area contributed by atoms with Crippen LogP contribution in [0.25, 0.3) is 0 Å². The van der Waals surface area contributed by atoms with Crippen molar-refractivity contribution in [1.82, 2.24) is 0 Å². The first-order chi connectivity index (χ1) is 10.2. The topological polar surface area (TPSA) is 102 Å². The van der Waals surface area contributed by atoms with Gasteiger partial charge in [0.1, 0.15) is 0 Å². The highest BCUT2D eigenvalue weighted by Gasteiger charge is 2.48. The van der Waals surface area contributed by atoms with Gasteiger partial charge >= 0.3 is 13.8 Å². The molecule has 1 fully saturated rings. The van der Waals surface area contributed by atoms with Gasteiger partial charge in [0.15, 0.2) is 6.29 Å². The molecule has 0 aromatic rings. The second kappa shape index (κ2) is 8.41. The van der Waals surface area contributed by atoms with Crippen LogP contribution in [0.4, 0.5) is 0 Å². The standard InChI is InChI=1S/C14H27O7P/c1-4-10-19-12(3)21-22(17,18)20-11(2)14(13(15)16)8-6-5-7-9-14/h11-12H,4-10H2,1-3H3,(H,15,16)(H,17,18). The van der Waals surface area contributed by atoms with E-state index in [1.807, 2.05) is 6.92 Å². The molecule has 1 aliphatic carbocycles. The summed E-state index contributed by atoms with van der Waals surface area (Å²) in [4.78, 5) is 21.5. The van der Waals surface area contributed by atoms with Crippen LogP contribution in [0.3, 0.4) is 0 Å². The predicted molar refractivity (Wildman–Crippen MR) is 80.3 cm³/mol. The Morgan fingerprint density at radius 1 is 1.23 bits per heavy atom. The Labute approximate surface area is 131 Å². The minimum atomic E-state index is -4.38. The van der Waals surface area contributed by atoms with Gasteiger partial charge < -0.3 is 14.7 Å². The summed E-state index contributed by atoms with van der Waals surface area (Å²) in [6.45, 7) is 5.32. The van der Waals surface area contributed by atoms with E-state index in [0.717, 1.165) is 25.7 Å². The van der Waals surface area contributed by atoms with Gasteiger partial charge in [-0.3, -0.25) is 13.8 Å². The van der Waals surface area contributed by atoms with Gasteiger partial charge in [-0.1, -0.05) is 26.2 Å². The van der Waals surface area contributed by atoms with E-state index in [2.05, 4.69) is 0 Å². The molecule has 0 aromatic carbocycles. The lowest BCUT2D eigenvalue weighted by Gasteiger charge is -2.38. The number of carbonyl (C=O) groups is 1. The molecule has 0 heterocycles. The fraction of sp³-hybridized carbons (Fsp3) is 0.929. The summed E-state index contributed by atoms with van der Waals surface area (Å²) < 4.78 is 27.2. The third kappa shape index (κ3) is 5.32. The van der Waals surface area contributed by atoms with Crippen LogP contribution in [-0.2, 0) is 23.1 Å². The zero-order valence-electron chi connectivity index (χ0n) is 13.5. The van der Waals surface area contributed by atoms with Gasteiger partial charge in [0.05, 0.1) is 11.5 Å². The van der Waals surface area contributed by atoms with Crippen molar-refractivity contribution in [2.75, 3.05) is 6.61 Å². The second-order valence-electron chi connectivity index (χ2n) is 5.78. The first-order valence-corrected chi connectivity index (χ1v) is 9.27. The summed E-state index contributed by atoms with van der Waals surface area (Å²) in [5, 5.41) is 9.54. The number of phosphoric acid groups is 1. The minimum Gasteiger partial charge on any atom is -0.481 e. The normalized spacial score (nSPS) is 23.5. The van der Waals surface area contributed by atoms with Crippen molar-refractivity contribution >= 4 is 13.8 Å². The molecule has 0 amide bonds. The van der Waals surface area contributed by atoms with Crippen LogP contribution in [0, 0.1) is 5.41 Å². The third-order valence-electron chi connectivity index (χ3n) is 4.08. The van der Waals surface area contributed by atoms with Crippen molar-refractivity contribution in [3.8, 4) is 0 Å². The molecule has 22 heavy (non-hydrogen) atoms. The van der Waals surface area contributed by atoms with E-state index in [9.17, 15) is 19.4 Å². The average Bonchev–Trinajstić information content (AvgIpc) is 2.44. The van der Waals surface area contributed by atoms with E-state index in [0.29, 0.717) is 19.4 Å². The first kappa shape index (κ1) is 19.6. The number of phosphoric ester groups is 1. The molecule has 0 radical (unpaired) electrons. The number of rotatable bonds is 9. The number of hydrogen-bond donors (Lipinski definition) is 2. The lowest BCUT2D eigenvalue weighted by molar-refractivity contribution is -0.159. The molecule has 0 bridgehead atoms. The predicted octanol–water partition coefficient (Wildman–Crippen LogP) is 3.32. The SMILES string of the molecule is CCCOC(C)OP(=O)(O)OC(C)C1(C(=O)O)CCCCC1. The molecule has 0 saturated heterocycles. The van der Waals surface area contributed by atoms with E-state index in [1.165, 1.54) is 13.8 Å². The van der Waals surface area contributed by atoms with Crippen LogP contribution in [0.1, 0.15) is 59.3 Å². The molecular formula is C14H27O7P. The average molecular weight is 338 g/mol. The summed E-state index contributed by atoms with van der Waals surface area (Å²) >= 11 is 0. The van der Waals surface area contributed by atoms with Crippen LogP contribution in [0.5, 0.6) is 0 Å². The molecule has 1 saturated carbocycles. The zero-order valence-corrected chi connectivity index (χ0v) is 14.4. The van der Waals surface area contributed by atoms with Gasteiger partial charge in [-0.05, 0) is 33.1 Å². The van der Waals surface area contributed by atoms with Gasteiger partial charge in [-0.15, -0.1) is 0 Å². The molecule has 0 aromatic heterocycles. The number of carboxylic acid groups (broad SMARTS) is 1. The lowest BCUT2D eigenvalue weighted by atomic mass is 9.71. The Bertz CT molecular complexity index is 406. The first-order valence-electron chi connectivity index (χ1n) is 7.78. The van der Waals surface area contributed by atoms with Crippen molar-refractivity contribution < 1.29 is 33.1 Å². The van der Waals surface area contributed by atoms with Crippen molar-refractivity contribution in [2.45, 2.75) is 71.7 Å². The number of ether oxygens (including phenoxy) is 1. The molecule has 7 nitrogen and oxygen atoms in total. The Morgan fingerprint density at radius 3 is 2.32 bits per heavy atom. The van der Waals surface area contributed by atoms with Gasteiger partial charge in [-0.2, -0.15) is 0 Å². The van der Waals surface area contributed by atoms with E-state index >= 15 is 0 Å². The monoisotopic (exact) mass is 338 g/mol. The van der Waals surface area contributed by atoms with E-state index in [1.54, 1.807) is 0 Å². The van der Waals surface area contributed by atoms with Crippen molar-refractivity contribution in [2.24, 2.45) is 5.41 Å².